The van der Waals surface area contributed by atoms with Crippen molar-refractivity contribution in [1.82, 2.24) is 10.9 Å². The monoisotopic (exact) mass is 366 g/mol. The number of sulfone groups is 1. The highest BCUT2D eigenvalue weighted by molar-refractivity contribution is 7.91. The van der Waals surface area contributed by atoms with Crippen molar-refractivity contribution in [3.8, 4) is 11.5 Å². The van der Waals surface area contributed by atoms with E-state index < -0.39 is 21.7 Å². The molecule has 9 heteroatoms. The third-order valence-corrected chi connectivity index (χ3v) is 5.79. The van der Waals surface area contributed by atoms with Crippen LogP contribution in [-0.4, -0.2) is 38.5 Å². The molecular formula is C16H18N2O6S. The van der Waals surface area contributed by atoms with Crippen LogP contribution in [0.25, 0.3) is 6.08 Å². The van der Waals surface area contributed by atoms with Crippen molar-refractivity contribution in [2.75, 3.05) is 18.3 Å². The van der Waals surface area contributed by atoms with Gasteiger partial charge in [0.1, 0.15) is 0 Å². The van der Waals surface area contributed by atoms with Crippen LogP contribution in [0.1, 0.15) is 18.4 Å². The Hall–Kier alpha value is -2.55. The first-order valence-corrected chi connectivity index (χ1v) is 9.60. The quantitative estimate of drug-likeness (QED) is 0.589. The first-order valence-electron chi connectivity index (χ1n) is 7.78. The van der Waals surface area contributed by atoms with E-state index in [0.29, 0.717) is 17.9 Å². The van der Waals surface area contributed by atoms with Crippen molar-refractivity contribution in [3.63, 3.8) is 0 Å². The lowest BCUT2D eigenvalue weighted by Gasteiger charge is -2.08. The normalized spacial score (nSPS) is 20.6. The van der Waals surface area contributed by atoms with Crippen LogP contribution in [0.4, 0.5) is 0 Å². The summed E-state index contributed by atoms with van der Waals surface area (Å²) in [6.07, 6.45) is 3.41. The molecule has 1 atom stereocenters. The Kier molecular flexibility index (Phi) is 4.93. The van der Waals surface area contributed by atoms with Gasteiger partial charge in [-0.25, -0.2) is 8.42 Å². The largest absolute Gasteiger partial charge is 0.454 e. The SMILES string of the molecule is O=C(/C=C/c1ccc2c(c1)OCO2)NNC(=O)C[C@H]1CCS(=O)(=O)C1. The highest BCUT2D eigenvalue weighted by Gasteiger charge is 2.29. The highest BCUT2D eigenvalue weighted by atomic mass is 32.2. The summed E-state index contributed by atoms with van der Waals surface area (Å²) in [6, 6.07) is 5.26. The Morgan fingerprint density at radius 2 is 2.00 bits per heavy atom. The predicted molar refractivity (Wildman–Crippen MR) is 89.3 cm³/mol. The Morgan fingerprint density at radius 3 is 2.76 bits per heavy atom. The molecule has 1 saturated heterocycles. The van der Waals surface area contributed by atoms with Gasteiger partial charge < -0.3 is 9.47 Å². The minimum absolute atomic E-state index is 0.0262. The first-order chi connectivity index (χ1) is 11.9. The maximum atomic E-state index is 11.7. The van der Waals surface area contributed by atoms with Gasteiger partial charge in [-0.05, 0) is 36.1 Å². The lowest BCUT2D eigenvalue weighted by Crippen LogP contribution is -2.41. The number of carbonyl (C=O) groups is 2. The number of fused-ring (bicyclic) bond motifs is 1. The van der Waals surface area contributed by atoms with Crippen LogP contribution in [0.15, 0.2) is 24.3 Å². The Labute approximate surface area is 145 Å². The van der Waals surface area contributed by atoms with Crippen LogP contribution in [-0.2, 0) is 19.4 Å². The van der Waals surface area contributed by atoms with E-state index in [1.165, 1.54) is 6.08 Å². The number of nitrogens with one attached hydrogen (secondary N) is 2. The Bertz CT molecular complexity index is 818. The fraction of sp³-hybridized carbons (Fsp3) is 0.375. The summed E-state index contributed by atoms with van der Waals surface area (Å²) < 4.78 is 33.2. The van der Waals surface area contributed by atoms with Gasteiger partial charge in [0.05, 0.1) is 11.5 Å². The van der Waals surface area contributed by atoms with E-state index in [4.69, 9.17) is 9.47 Å². The molecule has 1 aromatic rings. The maximum absolute atomic E-state index is 11.7. The molecule has 0 saturated carbocycles. The van der Waals surface area contributed by atoms with Gasteiger partial charge in [-0.1, -0.05) is 6.07 Å². The number of benzene rings is 1. The van der Waals surface area contributed by atoms with Gasteiger partial charge in [0.2, 0.25) is 12.7 Å². The standard InChI is InChI=1S/C16H18N2O6S/c19-15(4-2-11-1-3-13-14(7-11)24-10-23-13)17-18-16(20)8-12-5-6-25(21,22)9-12/h1-4,7,12H,5-6,8-10H2,(H,17,19)(H,18,20)/b4-2+/t12-/m1/s1. The summed E-state index contributed by atoms with van der Waals surface area (Å²) in [5, 5.41) is 0. The van der Waals surface area contributed by atoms with Crippen LogP contribution in [0, 0.1) is 5.92 Å². The second-order valence-electron chi connectivity index (χ2n) is 5.96. The highest BCUT2D eigenvalue weighted by Crippen LogP contribution is 2.32. The Balaban J connectivity index is 1.44. The molecule has 0 aromatic heterocycles. The molecule has 25 heavy (non-hydrogen) atoms. The molecule has 1 aromatic carbocycles. The summed E-state index contributed by atoms with van der Waals surface area (Å²) in [7, 11) is -3.01. The molecule has 0 spiro atoms. The molecule has 2 aliphatic heterocycles. The molecule has 1 fully saturated rings. The van der Waals surface area contributed by atoms with Crippen molar-refractivity contribution in [1.29, 1.82) is 0 Å². The smallest absolute Gasteiger partial charge is 0.262 e. The number of amides is 2. The van der Waals surface area contributed by atoms with Crippen LogP contribution >= 0.6 is 0 Å². The van der Waals surface area contributed by atoms with Crippen molar-refractivity contribution in [3.05, 3.63) is 29.8 Å². The molecule has 2 heterocycles. The topological polar surface area (TPSA) is 111 Å². The zero-order valence-electron chi connectivity index (χ0n) is 13.4. The molecular weight excluding hydrogens is 348 g/mol. The van der Waals surface area contributed by atoms with Crippen LogP contribution in [0.5, 0.6) is 11.5 Å². The van der Waals surface area contributed by atoms with E-state index in [1.54, 1.807) is 24.3 Å². The molecule has 3 rings (SSSR count). The average molecular weight is 366 g/mol. The second kappa shape index (κ2) is 7.14. The minimum atomic E-state index is -3.01. The molecule has 8 nitrogen and oxygen atoms in total. The van der Waals surface area contributed by atoms with Gasteiger partial charge in [0.25, 0.3) is 5.91 Å². The van der Waals surface area contributed by atoms with E-state index in [0.717, 1.165) is 5.56 Å². The van der Waals surface area contributed by atoms with Gasteiger partial charge in [-0.15, -0.1) is 0 Å². The Morgan fingerprint density at radius 1 is 1.20 bits per heavy atom. The number of ether oxygens (including phenoxy) is 2. The van der Waals surface area contributed by atoms with Crippen molar-refractivity contribution < 1.29 is 27.5 Å². The number of hydrazine groups is 1. The molecule has 0 bridgehead atoms. The van der Waals surface area contributed by atoms with Gasteiger partial charge in [-0.2, -0.15) is 0 Å². The summed E-state index contributed by atoms with van der Waals surface area (Å²) in [6.45, 7) is 0.178. The number of rotatable bonds is 4. The van der Waals surface area contributed by atoms with E-state index in [2.05, 4.69) is 10.9 Å². The molecule has 2 N–H and O–H groups in total. The summed E-state index contributed by atoms with van der Waals surface area (Å²) in [4.78, 5) is 23.5. The summed E-state index contributed by atoms with van der Waals surface area (Å²) in [5.74, 6) is 0.321. The minimum Gasteiger partial charge on any atom is -0.454 e. The van der Waals surface area contributed by atoms with Crippen LogP contribution in [0.2, 0.25) is 0 Å². The number of hydrogen-bond acceptors (Lipinski definition) is 6. The molecule has 2 aliphatic rings. The second-order valence-corrected chi connectivity index (χ2v) is 8.19. The van der Waals surface area contributed by atoms with Crippen molar-refractivity contribution >= 4 is 27.7 Å². The summed E-state index contributed by atoms with van der Waals surface area (Å²) >= 11 is 0. The van der Waals surface area contributed by atoms with Crippen LogP contribution in [0.3, 0.4) is 0 Å². The zero-order chi connectivity index (χ0) is 17.9. The van der Waals surface area contributed by atoms with E-state index in [9.17, 15) is 18.0 Å². The molecule has 134 valence electrons. The third-order valence-electron chi connectivity index (χ3n) is 3.95. The van der Waals surface area contributed by atoms with E-state index >= 15 is 0 Å². The fourth-order valence-corrected chi connectivity index (χ4v) is 4.57. The lowest BCUT2D eigenvalue weighted by atomic mass is 10.1. The maximum Gasteiger partial charge on any atom is 0.262 e. The molecule has 0 radical (unpaired) electrons. The predicted octanol–water partition coefficient (Wildman–Crippen LogP) is 0.401. The number of hydrogen-bond donors (Lipinski definition) is 2. The van der Waals surface area contributed by atoms with Crippen molar-refractivity contribution in [2.24, 2.45) is 5.92 Å². The van der Waals surface area contributed by atoms with Gasteiger partial charge in [-0.3, -0.25) is 20.4 Å². The van der Waals surface area contributed by atoms with Gasteiger partial charge >= 0.3 is 0 Å². The van der Waals surface area contributed by atoms with Crippen LogP contribution < -0.4 is 20.3 Å². The molecule has 0 aliphatic carbocycles. The van der Waals surface area contributed by atoms with Crippen molar-refractivity contribution in [2.45, 2.75) is 12.8 Å². The van der Waals surface area contributed by atoms with Gasteiger partial charge in [0, 0.05) is 12.5 Å². The van der Waals surface area contributed by atoms with E-state index in [1.807, 2.05) is 0 Å². The average Bonchev–Trinajstić information content (AvgIpc) is 3.16. The third kappa shape index (κ3) is 4.72. The fourth-order valence-electron chi connectivity index (χ4n) is 2.71. The van der Waals surface area contributed by atoms with Gasteiger partial charge in [0.15, 0.2) is 21.3 Å². The van der Waals surface area contributed by atoms with E-state index in [-0.39, 0.29) is 30.6 Å². The summed E-state index contributed by atoms with van der Waals surface area (Å²) in [5.41, 5.74) is 5.31. The lowest BCUT2D eigenvalue weighted by molar-refractivity contribution is -0.127. The number of carbonyl (C=O) groups excluding carboxylic acids is 2. The molecule has 0 unspecified atom stereocenters. The first kappa shape index (κ1) is 17.3. The molecule has 2 amide bonds. The zero-order valence-corrected chi connectivity index (χ0v) is 14.2.